The highest BCUT2D eigenvalue weighted by Crippen LogP contribution is 2.25. The largest absolute Gasteiger partial charge is 0.462 e. The monoisotopic (exact) mass is 224 g/mol. The molecule has 0 saturated carbocycles. The van der Waals surface area contributed by atoms with Gasteiger partial charge in [0.2, 0.25) is 0 Å². The van der Waals surface area contributed by atoms with Crippen LogP contribution in [0.3, 0.4) is 0 Å². The third kappa shape index (κ3) is 4.82. The number of ether oxygens (including phenoxy) is 1. The van der Waals surface area contributed by atoms with Crippen LogP contribution in [0.1, 0.15) is 58.3 Å². The molecule has 0 aromatic rings. The molecule has 0 N–H and O–H groups in total. The van der Waals surface area contributed by atoms with E-state index in [9.17, 15) is 4.79 Å². The predicted octanol–water partition coefficient (Wildman–Crippen LogP) is 3.85. The summed E-state index contributed by atoms with van der Waals surface area (Å²) in [6, 6.07) is 0. The Morgan fingerprint density at radius 1 is 1.31 bits per heavy atom. The van der Waals surface area contributed by atoms with Gasteiger partial charge in [0.1, 0.15) is 0 Å². The number of esters is 1. The molecule has 0 aromatic heterocycles. The summed E-state index contributed by atoms with van der Waals surface area (Å²) >= 11 is 0. The van der Waals surface area contributed by atoms with E-state index in [1.165, 1.54) is 32.1 Å². The summed E-state index contributed by atoms with van der Waals surface area (Å²) < 4.78 is 5.13. The van der Waals surface area contributed by atoms with Gasteiger partial charge in [0, 0.05) is 0 Å². The van der Waals surface area contributed by atoms with Gasteiger partial charge in [-0.15, -0.1) is 6.58 Å². The van der Waals surface area contributed by atoms with Gasteiger partial charge in [0.15, 0.2) is 0 Å². The Bertz CT molecular complexity index is 223. The Hall–Kier alpha value is -0.790. The first-order chi connectivity index (χ1) is 7.74. The van der Waals surface area contributed by atoms with Gasteiger partial charge in [0.05, 0.1) is 12.0 Å². The molecule has 0 bridgehead atoms. The van der Waals surface area contributed by atoms with Gasteiger partial charge in [-0.2, -0.15) is 0 Å². The second-order valence-corrected chi connectivity index (χ2v) is 4.81. The lowest BCUT2D eigenvalue weighted by molar-refractivity contribution is -0.143. The number of unbranched alkanes of at least 4 members (excludes halogenated alkanes) is 5. The van der Waals surface area contributed by atoms with Crippen LogP contribution in [0.2, 0.25) is 0 Å². The van der Waals surface area contributed by atoms with Gasteiger partial charge in [-0.3, -0.25) is 4.79 Å². The third-order valence-corrected chi connectivity index (χ3v) is 3.23. The van der Waals surface area contributed by atoms with E-state index in [0.717, 1.165) is 19.3 Å². The van der Waals surface area contributed by atoms with Crippen LogP contribution >= 0.6 is 0 Å². The van der Waals surface area contributed by atoms with Crippen LogP contribution in [-0.4, -0.2) is 12.1 Å². The molecule has 1 saturated heterocycles. The molecule has 1 unspecified atom stereocenters. The SMILES string of the molecule is C=CCCCCCCCC1C[C@H](C)OC1=O. The van der Waals surface area contributed by atoms with Crippen molar-refractivity contribution in [3.05, 3.63) is 12.7 Å². The molecule has 0 aliphatic carbocycles. The molecule has 92 valence electrons. The molecule has 16 heavy (non-hydrogen) atoms. The Kier molecular flexibility index (Phi) is 6.20. The topological polar surface area (TPSA) is 26.3 Å². The van der Waals surface area contributed by atoms with Crippen molar-refractivity contribution < 1.29 is 9.53 Å². The van der Waals surface area contributed by atoms with Crippen molar-refractivity contribution in [1.82, 2.24) is 0 Å². The zero-order valence-corrected chi connectivity index (χ0v) is 10.4. The van der Waals surface area contributed by atoms with Crippen LogP contribution in [0, 0.1) is 5.92 Å². The van der Waals surface area contributed by atoms with Crippen LogP contribution in [-0.2, 0) is 9.53 Å². The maximum atomic E-state index is 11.4. The zero-order valence-electron chi connectivity index (χ0n) is 10.4. The number of carbonyl (C=O) groups excluding carboxylic acids is 1. The highest BCUT2D eigenvalue weighted by molar-refractivity contribution is 5.74. The lowest BCUT2D eigenvalue weighted by atomic mass is 9.97. The first kappa shape index (κ1) is 13.3. The molecule has 0 amide bonds. The highest BCUT2D eigenvalue weighted by atomic mass is 16.5. The minimum absolute atomic E-state index is 0.0270. The van der Waals surface area contributed by atoms with Crippen molar-refractivity contribution in [2.75, 3.05) is 0 Å². The molecular weight excluding hydrogens is 200 g/mol. The number of hydrogen-bond acceptors (Lipinski definition) is 2. The molecule has 2 heteroatoms. The van der Waals surface area contributed by atoms with Gasteiger partial charge in [0.25, 0.3) is 0 Å². The molecule has 0 radical (unpaired) electrons. The molecular formula is C14H24O2. The average molecular weight is 224 g/mol. The Balaban J connectivity index is 1.95. The van der Waals surface area contributed by atoms with E-state index in [1.807, 2.05) is 13.0 Å². The van der Waals surface area contributed by atoms with Gasteiger partial charge in [-0.25, -0.2) is 0 Å². The van der Waals surface area contributed by atoms with Crippen molar-refractivity contribution >= 4 is 5.97 Å². The molecule has 0 aromatic carbocycles. The fourth-order valence-corrected chi connectivity index (χ4v) is 2.28. The minimum atomic E-state index is 0.0270. The summed E-state index contributed by atoms with van der Waals surface area (Å²) in [5.74, 6) is 0.210. The number of carbonyl (C=O) groups is 1. The van der Waals surface area contributed by atoms with E-state index in [2.05, 4.69) is 6.58 Å². The van der Waals surface area contributed by atoms with E-state index < -0.39 is 0 Å². The Morgan fingerprint density at radius 2 is 2.00 bits per heavy atom. The molecule has 1 aliphatic rings. The van der Waals surface area contributed by atoms with Crippen LogP contribution in [0.5, 0.6) is 0 Å². The number of hydrogen-bond donors (Lipinski definition) is 0. The second kappa shape index (κ2) is 7.48. The molecule has 1 aliphatic heterocycles. The van der Waals surface area contributed by atoms with Crippen molar-refractivity contribution in [3.8, 4) is 0 Å². The molecule has 0 spiro atoms. The van der Waals surface area contributed by atoms with Gasteiger partial charge in [-0.05, 0) is 32.6 Å². The van der Waals surface area contributed by atoms with E-state index >= 15 is 0 Å². The summed E-state index contributed by atoms with van der Waals surface area (Å²) in [4.78, 5) is 11.4. The van der Waals surface area contributed by atoms with E-state index in [1.54, 1.807) is 0 Å². The van der Waals surface area contributed by atoms with Crippen molar-refractivity contribution in [2.24, 2.45) is 5.92 Å². The predicted molar refractivity (Wildman–Crippen MR) is 66.2 cm³/mol. The molecule has 2 nitrogen and oxygen atoms in total. The summed E-state index contributed by atoms with van der Waals surface area (Å²) in [7, 11) is 0. The lowest BCUT2D eigenvalue weighted by Crippen LogP contribution is -2.07. The van der Waals surface area contributed by atoms with E-state index in [4.69, 9.17) is 4.74 Å². The van der Waals surface area contributed by atoms with Crippen molar-refractivity contribution in [1.29, 1.82) is 0 Å². The normalized spacial score (nSPS) is 24.4. The fourth-order valence-electron chi connectivity index (χ4n) is 2.28. The quantitative estimate of drug-likeness (QED) is 0.355. The van der Waals surface area contributed by atoms with E-state index in [-0.39, 0.29) is 18.0 Å². The van der Waals surface area contributed by atoms with Crippen molar-refractivity contribution in [2.45, 2.75) is 64.4 Å². The Morgan fingerprint density at radius 3 is 2.62 bits per heavy atom. The van der Waals surface area contributed by atoms with Crippen LogP contribution in [0.25, 0.3) is 0 Å². The number of cyclic esters (lactones) is 1. The van der Waals surface area contributed by atoms with Gasteiger partial charge < -0.3 is 4.74 Å². The summed E-state index contributed by atoms with van der Waals surface area (Å²) in [5, 5.41) is 0. The molecule has 2 atom stereocenters. The minimum Gasteiger partial charge on any atom is -0.462 e. The molecule has 1 rings (SSSR count). The van der Waals surface area contributed by atoms with Gasteiger partial charge >= 0.3 is 5.97 Å². The Labute approximate surface area is 99.1 Å². The second-order valence-electron chi connectivity index (χ2n) is 4.81. The zero-order chi connectivity index (χ0) is 11.8. The van der Waals surface area contributed by atoms with Gasteiger partial charge in [-0.1, -0.05) is 31.8 Å². The maximum Gasteiger partial charge on any atom is 0.309 e. The average Bonchev–Trinajstić information content (AvgIpc) is 2.56. The van der Waals surface area contributed by atoms with Crippen LogP contribution < -0.4 is 0 Å². The summed E-state index contributed by atoms with van der Waals surface area (Å²) in [6.07, 6.45) is 11.4. The van der Waals surface area contributed by atoms with Crippen molar-refractivity contribution in [3.63, 3.8) is 0 Å². The van der Waals surface area contributed by atoms with Crippen LogP contribution in [0.15, 0.2) is 12.7 Å². The fraction of sp³-hybridized carbons (Fsp3) is 0.786. The summed E-state index contributed by atoms with van der Waals surface area (Å²) in [6.45, 7) is 5.69. The summed E-state index contributed by atoms with van der Waals surface area (Å²) in [5.41, 5.74) is 0. The number of rotatable bonds is 8. The maximum absolute atomic E-state index is 11.4. The smallest absolute Gasteiger partial charge is 0.309 e. The van der Waals surface area contributed by atoms with E-state index in [0.29, 0.717) is 0 Å². The third-order valence-electron chi connectivity index (χ3n) is 3.23. The first-order valence-corrected chi connectivity index (χ1v) is 6.55. The van der Waals surface area contributed by atoms with Crippen LogP contribution in [0.4, 0.5) is 0 Å². The molecule has 1 fully saturated rings. The highest BCUT2D eigenvalue weighted by Gasteiger charge is 2.30. The lowest BCUT2D eigenvalue weighted by Gasteiger charge is -2.04. The molecule has 1 heterocycles. The first-order valence-electron chi connectivity index (χ1n) is 6.55. The number of allylic oxidation sites excluding steroid dienone is 1. The standard InChI is InChI=1S/C14H24O2/c1-3-4-5-6-7-8-9-10-13-11-12(2)16-14(13)15/h3,12-13H,1,4-11H2,2H3/t12-,13?/m0/s1.